The van der Waals surface area contributed by atoms with Crippen molar-refractivity contribution < 1.29 is 18.8 Å². The SMILES string of the molecule is CCCc1cc(C(=O)Nc2ccc3c(c2)OCO3)no1. The number of anilines is 1. The van der Waals surface area contributed by atoms with E-state index in [4.69, 9.17) is 14.0 Å². The van der Waals surface area contributed by atoms with Gasteiger partial charge in [-0.25, -0.2) is 0 Å². The number of nitrogens with zero attached hydrogens (tertiary/aromatic N) is 1. The third-order valence-electron chi connectivity index (χ3n) is 2.92. The van der Waals surface area contributed by atoms with Crippen LogP contribution in [0.5, 0.6) is 11.5 Å². The van der Waals surface area contributed by atoms with Crippen LogP contribution in [0.2, 0.25) is 0 Å². The first-order valence-electron chi connectivity index (χ1n) is 6.43. The molecule has 6 heteroatoms. The van der Waals surface area contributed by atoms with E-state index in [1.54, 1.807) is 24.3 Å². The molecule has 0 unspecified atom stereocenters. The predicted octanol–water partition coefficient (Wildman–Crippen LogP) is 2.61. The van der Waals surface area contributed by atoms with Crippen LogP contribution in [0.15, 0.2) is 28.8 Å². The number of ether oxygens (including phenoxy) is 2. The van der Waals surface area contributed by atoms with E-state index in [9.17, 15) is 4.79 Å². The quantitative estimate of drug-likeness (QED) is 0.927. The summed E-state index contributed by atoms with van der Waals surface area (Å²) >= 11 is 0. The van der Waals surface area contributed by atoms with Crippen LogP contribution >= 0.6 is 0 Å². The monoisotopic (exact) mass is 274 g/mol. The van der Waals surface area contributed by atoms with Crippen molar-refractivity contribution in [2.24, 2.45) is 0 Å². The van der Waals surface area contributed by atoms with E-state index >= 15 is 0 Å². The number of aryl methyl sites for hydroxylation is 1. The first kappa shape index (κ1) is 12.5. The van der Waals surface area contributed by atoms with Gasteiger partial charge in [0.05, 0.1) is 0 Å². The van der Waals surface area contributed by atoms with Gasteiger partial charge in [0.2, 0.25) is 6.79 Å². The average Bonchev–Trinajstić information content (AvgIpc) is 3.07. The zero-order valence-corrected chi connectivity index (χ0v) is 11.0. The Bertz CT molecular complexity index is 636. The third kappa shape index (κ3) is 2.45. The topological polar surface area (TPSA) is 73.6 Å². The summed E-state index contributed by atoms with van der Waals surface area (Å²) in [5, 5.41) is 6.51. The lowest BCUT2D eigenvalue weighted by atomic mass is 10.2. The molecule has 0 fully saturated rings. The van der Waals surface area contributed by atoms with Crippen molar-refractivity contribution in [3.05, 3.63) is 35.7 Å². The molecule has 0 spiro atoms. The van der Waals surface area contributed by atoms with E-state index in [0.29, 0.717) is 22.9 Å². The summed E-state index contributed by atoms with van der Waals surface area (Å²) in [6.45, 7) is 2.24. The highest BCUT2D eigenvalue weighted by molar-refractivity contribution is 6.03. The highest BCUT2D eigenvalue weighted by Gasteiger charge is 2.16. The first-order valence-corrected chi connectivity index (χ1v) is 6.43. The average molecular weight is 274 g/mol. The fourth-order valence-electron chi connectivity index (χ4n) is 1.95. The Morgan fingerprint density at radius 3 is 3.00 bits per heavy atom. The molecule has 0 bridgehead atoms. The van der Waals surface area contributed by atoms with Gasteiger partial charge in [-0.3, -0.25) is 4.79 Å². The van der Waals surface area contributed by atoms with Crippen LogP contribution in [0.3, 0.4) is 0 Å². The maximum absolute atomic E-state index is 12.0. The molecule has 1 aromatic carbocycles. The number of nitrogens with one attached hydrogen (secondary N) is 1. The molecular formula is C14H14N2O4. The number of benzene rings is 1. The van der Waals surface area contributed by atoms with Gasteiger partial charge in [0.15, 0.2) is 17.2 Å². The Labute approximate surface area is 115 Å². The molecule has 3 rings (SSSR count). The number of hydrogen-bond acceptors (Lipinski definition) is 5. The molecule has 1 N–H and O–H groups in total. The standard InChI is InChI=1S/C14H14N2O4/c1-2-3-10-7-11(16-20-10)14(17)15-9-4-5-12-13(6-9)19-8-18-12/h4-7H,2-3,8H2,1H3,(H,15,17). The van der Waals surface area contributed by atoms with Gasteiger partial charge in [0.1, 0.15) is 5.76 Å². The molecule has 0 aliphatic carbocycles. The largest absolute Gasteiger partial charge is 0.454 e. The molecule has 1 aliphatic rings. The van der Waals surface area contributed by atoms with Crippen molar-refractivity contribution in [3.8, 4) is 11.5 Å². The molecule has 2 aromatic rings. The maximum atomic E-state index is 12.0. The zero-order valence-electron chi connectivity index (χ0n) is 11.0. The molecule has 0 atom stereocenters. The van der Waals surface area contributed by atoms with Gasteiger partial charge in [-0.1, -0.05) is 12.1 Å². The van der Waals surface area contributed by atoms with Gasteiger partial charge in [-0.2, -0.15) is 0 Å². The summed E-state index contributed by atoms with van der Waals surface area (Å²) in [6.07, 6.45) is 1.71. The summed E-state index contributed by atoms with van der Waals surface area (Å²) in [6, 6.07) is 6.88. The summed E-state index contributed by atoms with van der Waals surface area (Å²) in [4.78, 5) is 12.0. The van der Waals surface area contributed by atoms with E-state index in [0.717, 1.165) is 12.8 Å². The van der Waals surface area contributed by atoms with Gasteiger partial charge in [0, 0.05) is 24.2 Å². The van der Waals surface area contributed by atoms with Crippen LogP contribution in [0, 0.1) is 0 Å². The Balaban J connectivity index is 1.71. The molecule has 0 radical (unpaired) electrons. The van der Waals surface area contributed by atoms with Crippen LogP contribution in [-0.2, 0) is 6.42 Å². The second kappa shape index (κ2) is 5.24. The molecular weight excluding hydrogens is 260 g/mol. The summed E-state index contributed by atoms with van der Waals surface area (Å²) in [7, 11) is 0. The summed E-state index contributed by atoms with van der Waals surface area (Å²) in [5.74, 6) is 1.70. The molecule has 1 aliphatic heterocycles. The number of aromatic nitrogens is 1. The van der Waals surface area contributed by atoms with Gasteiger partial charge in [-0.15, -0.1) is 0 Å². The van der Waals surface area contributed by atoms with Gasteiger partial charge in [-0.05, 0) is 18.6 Å². The van der Waals surface area contributed by atoms with E-state index in [2.05, 4.69) is 10.5 Å². The van der Waals surface area contributed by atoms with Gasteiger partial charge >= 0.3 is 0 Å². The lowest BCUT2D eigenvalue weighted by molar-refractivity contribution is 0.101. The molecule has 1 amide bonds. The molecule has 104 valence electrons. The molecule has 1 aromatic heterocycles. The predicted molar refractivity (Wildman–Crippen MR) is 71.0 cm³/mol. The van der Waals surface area contributed by atoms with Gasteiger partial charge in [0.25, 0.3) is 5.91 Å². The lowest BCUT2D eigenvalue weighted by Gasteiger charge is -2.03. The second-order valence-electron chi connectivity index (χ2n) is 4.45. The zero-order chi connectivity index (χ0) is 13.9. The summed E-state index contributed by atoms with van der Waals surface area (Å²) in [5.41, 5.74) is 0.894. The van der Waals surface area contributed by atoms with Crippen LogP contribution < -0.4 is 14.8 Å². The second-order valence-corrected chi connectivity index (χ2v) is 4.45. The molecule has 20 heavy (non-hydrogen) atoms. The number of amides is 1. The highest BCUT2D eigenvalue weighted by atomic mass is 16.7. The smallest absolute Gasteiger partial charge is 0.277 e. The Morgan fingerprint density at radius 1 is 1.30 bits per heavy atom. The first-order chi connectivity index (χ1) is 9.76. The van der Waals surface area contributed by atoms with Crippen LogP contribution in [0.4, 0.5) is 5.69 Å². The Hall–Kier alpha value is -2.50. The fraction of sp³-hybridized carbons (Fsp3) is 0.286. The van der Waals surface area contributed by atoms with Crippen molar-refractivity contribution in [2.45, 2.75) is 19.8 Å². The highest BCUT2D eigenvalue weighted by Crippen LogP contribution is 2.34. The van der Waals surface area contributed by atoms with E-state index in [1.807, 2.05) is 6.92 Å². The minimum Gasteiger partial charge on any atom is -0.454 e. The van der Waals surface area contributed by atoms with Crippen molar-refractivity contribution in [1.29, 1.82) is 0 Å². The minimum absolute atomic E-state index is 0.205. The fourth-order valence-corrected chi connectivity index (χ4v) is 1.95. The molecule has 0 saturated heterocycles. The van der Waals surface area contributed by atoms with Crippen LogP contribution in [0.1, 0.15) is 29.6 Å². The normalized spacial score (nSPS) is 12.4. The molecule has 2 heterocycles. The van der Waals surface area contributed by atoms with Crippen molar-refractivity contribution in [3.63, 3.8) is 0 Å². The lowest BCUT2D eigenvalue weighted by Crippen LogP contribution is -2.12. The Kier molecular flexibility index (Phi) is 3.28. The van der Waals surface area contributed by atoms with Crippen molar-refractivity contribution in [2.75, 3.05) is 12.1 Å². The van der Waals surface area contributed by atoms with Crippen molar-refractivity contribution in [1.82, 2.24) is 5.16 Å². The number of fused-ring (bicyclic) bond motifs is 1. The van der Waals surface area contributed by atoms with E-state index < -0.39 is 0 Å². The number of carbonyl (C=O) groups excluding carboxylic acids is 1. The third-order valence-corrected chi connectivity index (χ3v) is 2.92. The number of rotatable bonds is 4. The van der Waals surface area contributed by atoms with Crippen LogP contribution in [0.25, 0.3) is 0 Å². The Morgan fingerprint density at radius 2 is 2.15 bits per heavy atom. The molecule has 6 nitrogen and oxygen atoms in total. The number of hydrogen-bond donors (Lipinski definition) is 1. The van der Waals surface area contributed by atoms with E-state index in [-0.39, 0.29) is 18.4 Å². The van der Waals surface area contributed by atoms with Crippen molar-refractivity contribution >= 4 is 11.6 Å². The molecule has 0 saturated carbocycles. The van der Waals surface area contributed by atoms with Gasteiger partial charge < -0.3 is 19.3 Å². The van der Waals surface area contributed by atoms with Crippen LogP contribution in [-0.4, -0.2) is 17.9 Å². The maximum Gasteiger partial charge on any atom is 0.277 e. The number of carbonyl (C=O) groups is 1. The van der Waals surface area contributed by atoms with E-state index in [1.165, 1.54) is 0 Å². The summed E-state index contributed by atoms with van der Waals surface area (Å²) < 4.78 is 15.5. The minimum atomic E-state index is -0.310.